The van der Waals surface area contributed by atoms with Crippen LogP contribution in [0.25, 0.3) is 6.08 Å². The summed E-state index contributed by atoms with van der Waals surface area (Å²) >= 11 is 0. The van der Waals surface area contributed by atoms with E-state index in [0.29, 0.717) is 6.42 Å². The summed E-state index contributed by atoms with van der Waals surface area (Å²) < 4.78 is 0. The van der Waals surface area contributed by atoms with E-state index in [1.54, 1.807) is 0 Å². The van der Waals surface area contributed by atoms with Crippen LogP contribution in [0.5, 0.6) is 0 Å². The average molecular weight is 175 g/mol. The lowest BCUT2D eigenvalue weighted by molar-refractivity contribution is -0.142. The van der Waals surface area contributed by atoms with E-state index in [1.165, 1.54) is 0 Å². The number of rotatable bonds is 4. The molecule has 0 fully saturated rings. The van der Waals surface area contributed by atoms with Gasteiger partial charge < -0.3 is 0 Å². The Morgan fingerprint density at radius 2 is 1.92 bits per heavy atom. The van der Waals surface area contributed by atoms with Crippen LogP contribution in [0.3, 0.4) is 0 Å². The van der Waals surface area contributed by atoms with Gasteiger partial charge in [0.1, 0.15) is 0 Å². The summed E-state index contributed by atoms with van der Waals surface area (Å²) in [5.74, 6) is -1.00. The van der Waals surface area contributed by atoms with Crippen molar-refractivity contribution in [2.45, 2.75) is 12.8 Å². The number of carbonyl (C=O) groups excluding carboxylic acids is 1. The first kappa shape index (κ1) is 9.52. The Kier molecular flexibility index (Phi) is 3.76. The topological polar surface area (TPSA) is 37.0 Å². The van der Waals surface area contributed by atoms with Gasteiger partial charge in [0.25, 0.3) is 0 Å². The lowest BCUT2D eigenvalue weighted by atomic mass is 10.2. The van der Waals surface area contributed by atoms with Crippen LogP contribution in [0.2, 0.25) is 0 Å². The molecule has 1 rings (SSSR count). The molecule has 0 heterocycles. The van der Waals surface area contributed by atoms with E-state index in [1.807, 2.05) is 42.5 Å². The molecule has 0 atom stereocenters. The molecule has 0 saturated heterocycles. The highest BCUT2D eigenvalue weighted by Gasteiger charge is 1.94. The highest BCUT2D eigenvalue weighted by atomic mass is 16.4. The second-order valence-electron chi connectivity index (χ2n) is 2.72. The second kappa shape index (κ2) is 5.14. The van der Waals surface area contributed by atoms with Gasteiger partial charge in [0.15, 0.2) is 0 Å². The molecule has 0 aliphatic rings. The fourth-order valence-corrected chi connectivity index (χ4v) is 0.985. The Balaban J connectivity index is 2.37. The SMILES string of the molecule is [O]C(=O)CCC=Cc1ccccc1. The quantitative estimate of drug-likeness (QED) is 0.692. The zero-order valence-corrected chi connectivity index (χ0v) is 7.27. The van der Waals surface area contributed by atoms with Crippen molar-refractivity contribution in [3.63, 3.8) is 0 Å². The van der Waals surface area contributed by atoms with Crippen molar-refractivity contribution >= 4 is 12.0 Å². The van der Waals surface area contributed by atoms with Crippen molar-refractivity contribution in [3.8, 4) is 0 Å². The Bertz CT molecular complexity index is 288. The molecule has 0 bridgehead atoms. The standard InChI is InChI=1S/C11H11O2/c12-11(13)9-5-4-8-10-6-2-1-3-7-10/h1-4,6-8H,5,9H2. The molecular formula is C11H11O2. The first-order chi connectivity index (χ1) is 6.29. The average Bonchev–Trinajstić information content (AvgIpc) is 2.14. The van der Waals surface area contributed by atoms with Crippen molar-refractivity contribution in [1.82, 2.24) is 0 Å². The molecule has 67 valence electrons. The minimum Gasteiger partial charge on any atom is -0.247 e. The summed E-state index contributed by atoms with van der Waals surface area (Å²) in [6, 6.07) is 9.76. The van der Waals surface area contributed by atoms with Crippen molar-refractivity contribution in [3.05, 3.63) is 42.0 Å². The van der Waals surface area contributed by atoms with E-state index in [9.17, 15) is 9.90 Å². The molecule has 2 nitrogen and oxygen atoms in total. The fraction of sp³-hybridized carbons (Fsp3) is 0.182. The van der Waals surface area contributed by atoms with Crippen LogP contribution in [0.1, 0.15) is 18.4 Å². The number of hydrogen-bond donors (Lipinski definition) is 0. The molecule has 0 aliphatic carbocycles. The highest BCUT2D eigenvalue weighted by Crippen LogP contribution is 2.02. The van der Waals surface area contributed by atoms with Gasteiger partial charge in [-0.15, -0.1) is 0 Å². The van der Waals surface area contributed by atoms with Gasteiger partial charge in [-0.1, -0.05) is 42.5 Å². The molecule has 0 saturated carbocycles. The van der Waals surface area contributed by atoms with Gasteiger partial charge in [0.2, 0.25) is 0 Å². The van der Waals surface area contributed by atoms with E-state index in [4.69, 9.17) is 0 Å². The number of allylic oxidation sites excluding steroid dienone is 1. The van der Waals surface area contributed by atoms with Gasteiger partial charge >= 0.3 is 5.97 Å². The van der Waals surface area contributed by atoms with Gasteiger partial charge in [0.05, 0.1) is 6.42 Å². The van der Waals surface area contributed by atoms with E-state index >= 15 is 0 Å². The zero-order chi connectivity index (χ0) is 9.52. The molecule has 0 unspecified atom stereocenters. The molecule has 1 aromatic carbocycles. The first-order valence-electron chi connectivity index (χ1n) is 4.20. The monoisotopic (exact) mass is 175 g/mol. The molecule has 0 aliphatic heterocycles. The van der Waals surface area contributed by atoms with Crippen molar-refractivity contribution in [2.24, 2.45) is 0 Å². The van der Waals surface area contributed by atoms with E-state index in [-0.39, 0.29) is 6.42 Å². The molecule has 13 heavy (non-hydrogen) atoms. The van der Waals surface area contributed by atoms with Crippen molar-refractivity contribution in [2.75, 3.05) is 0 Å². The van der Waals surface area contributed by atoms with Crippen LogP contribution in [-0.4, -0.2) is 5.97 Å². The van der Waals surface area contributed by atoms with Crippen LogP contribution in [0.4, 0.5) is 0 Å². The minimum atomic E-state index is -1.00. The molecule has 0 amide bonds. The molecule has 0 N–H and O–H groups in total. The van der Waals surface area contributed by atoms with Crippen LogP contribution in [-0.2, 0) is 9.90 Å². The second-order valence-corrected chi connectivity index (χ2v) is 2.72. The maximum Gasteiger partial charge on any atom is 0.355 e. The third-order valence-corrected chi connectivity index (χ3v) is 1.63. The molecule has 1 radical (unpaired) electrons. The number of hydrogen-bond acceptors (Lipinski definition) is 1. The Morgan fingerprint density at radius 3 is 2.54 bits per heavy atom. The lowest BCUT2D eigenvalue weighted by Gasteiger charge is -1.90. The predicted molar refractivity (Wildman–Crippen MR) is 50.4 cm³/mol. The van der Waals surface area contributed by atoms with E-state index < -0.39 is 5.97 Å². The Labute approximate surface area is 77.5 Å². The fourth-order valence-electron chi connectivity index (χ4n) is 0.985. The summed E-state index contributed by atoms with van der Waals surface area (Å²) in [6.07, 6.45) is 4.36. The summed E-state index contributed by atoms with van der Waals surface area (Å²) in [7, 11) is 0. The van der Waals surface area contributed by atoms with Crippen LogP contribution >= 0.6 is 0 Å². The third-order valence-electron chi connectivity index (χ3n) is 1.63. The normalized spacial score (nSPS) is 10.5. The Hall–Kier alpha value is -1.57. The molecule has 1 aromatic rings. The summed E-state index contributed by atoms with van der Waals surface area (Å²) in [5, 5.41) is 10.1. The minimum absolute atomic E-state index is 0.0866. The third kappa shape index (κ3) is 4.11. The largest absolute Gasteiger partial charge is 0.355 e. The van der Waals surface area contributed by atoms with Crippen molar-refractivity contribution in [1.29, 1.82) is 0 Å². The van der Waals surface area contributed by atoms with Gasteiger partial charge in [-0.2, -0.15) is 0 Å². The maximum atomic E-state index is 10.1. The van der Waals surface area contributed by atoms with Gasteiger partial charge in [-0.05, 0) is 12.0 Å². The molecule has 2 heteroatoms. The molecule has 0 spiro atoms. The predicted octanol–water partition coefficient (Wildman–Crippen LogP) is 2.44. The number of carbonyl (C=O) groups is 1. The smallest absolute Gasteiger partial charge is 0.247 e. The Morgan fingerprint density at radius 1 is 1.23 bits per heavy atom. The van der Waals surface area contributed by atoms with E-state index in [0.717, 1.165) is 5.56 Å². The number of benzene rings is 1. The lowest BCUT2D eigenvalue weighted by Crippen LogP contribution is -1.88. The molecule has 0 aromatic heterocycles. The maximum absolute atomic E-state index is 10.1. The van der Waals surface area contributed by atoms with Gasteiger partial charge in [-0.3, -0.25) is 0 Å². The van der Waals surface area contributed by atoms with Crippen LogP contribution in [0.15, 0.2) is 36.4 Å². The highest BCUT2D eigenvalue weighted by molar-refractivity contribution is 5.66. The van der Waals surface area contributed by atoms with E-state index in [2.05, 4.69) is 0 Å². The summed E-state index contributed by atoms with van der Waals surface area (Å²) in [5.41, 5.74) is 1.08. The summed E-state index contributed by atoms with van der Waals surface area (Å²) in [4.78, 5) is 10.1. The van der Waals surface area contributed by atoms with Crippen LogP contribution < -0.4 is 0 Å². The zero-order valence-electron chi connectivity index (χ0n) is 7.27. The molecular weight excluding hydrogens is 164 g/mol. The van der Waals surface area contributed by atoms with Crippen LogP contribution in [0, 0.1) is 0 Å². The first-order valence-corrected chi connectivity index (χ1v) is 4.20. The van der Waals surface area contributed by atoms with Crippen molar-refractivity contribution < 1.29 is 9.90 Å². The van der Waals surface area contributed by atoms with Gasteiger partial charge in [0, 0.05) is 0 Å². The van der Waals surface area contributed by atoms with Gasteiger partial charge in [-0.25, -0.2) is 9.90 Å². The summed E-state index contributed by atoms with van der Waals surface area (Å²) in [6.45, 7) is 0.